The van der Waals surface area contributed by atoms with Crippen LogP contribution in [-0.4, -0.2) is 38.3 Å². The van der Waals surface area contributed by atoms with Gasteiger partial charge in [0.1, 0.15) is 12.7 Å². The zero-order chi connectivity index (χ0) is 21.5. The summed E-state index contributed by atoms with van der Waals surface area (Å²) in [5, 5.41) is 13.0. The maximum Gasteiger partial charge on any atom is 0.223 e. The van der Waals surface area contributed by atoms with Crippen LogP contribution in [0.5, 0.6) is 11.5 Å². The molecular weight excluding hydrogens is 378 g/mol. The normalized spacial score (nSPS) is 13.5. The zero-order valence-electron chi connectivity index (χ0n) is 17.9. The second-order valence-corrected chi connectivity index (χ2v) is 7.47. The number of para-hydroxylation sites is 2. The molecule has 158 valence electrons. The highest BCUT2D eigenvalue weighted by Gasteiger charge is 2.26. The van der Waals surface area contributed by atoms with Crippen LogP contribution < -0.4 is 19.7 Å². The molecule has 1 amide bonds. The molecule has 2 aromatic carbocycles. The van der Waals surface area contributed by atoms with Crippen molar-refractivity contribution in [1.29, 1.82) is 5.26 Å². The van der Waals surface area contributed by atoms with Gasteiger partial charge in [-0.25, -0.2) is 0 Å². The first-order chi connectivity index (χ1) is 14.5. The average molecular weight is 408 g/mol. The van der Waals surface area contributed by atoms with E-state index in [0.29, 0.717) is 31.9 Å². The molecule has 0 aliphatic carbocycles. The van der Waals surface area contributed by atoms with Gasteiger partial charge in [-0.05, 0) is 56.0 Å². The van der Waals surface area contributed by atoms with E-state index < -0.39 is 0 Å². The summed E-state index contributed by atoms with van der Waals surface area (Å²) in [5.41, 5.74) is 3.56. The fraction of sp³-hybridized carbons (Fsp3) is 0.417. The van der Waals surface area contributed by atoms with Crippen molar-refractivity contribution in [1.82, 2.24) is 5.32 Å². The number of carbonyl (C=O) groups is 1. The Balaban J connectivity index is 1.54. The SMILES string of the molecule is CCOc1ccccc1OCCNC(C)Cc1cc(C#N)c2c(c1)CCN2C(C)=O. The number of amides is 1. The van der Waals surface area contributed by atoms with E-state index in [2.05, 4.69) is 24.4 Å². The topological polar surface area (TPSA) is 74.6 Å². The number of nitrogens with zero attached hydrogens (tertiary/aromatic N) is 2. The number of rotatable bonds is 9. The average Bonchev–Trinajstić information content (AvgIpc) is 3.16. The Morgan fingerprint density at radius 3 is 2.67 bits per heavy atom. The molecule has 0 saturated heterocycles. The minimum absolute atomic E-state index is 0.0149. The van der Waals surface area contributed by atoms with E-state index in [0.717, 1.165) is 41.2 Å². The van der Waals surface area contributed by atoms with Crippen molar-refractivity contribution in [2.24, 2.45) is 0 Å². The van der Waals surface area contributed by atoms with Gasteiger partial charge in [0.25, 0.3) is 0 Å². The Bertz CT molecular complexity index is 936. The van der Waals surface area contributed by atoms with Crippen molar-refractivity contribution < 1.29 is 14.3 Å². The standard InChI is InChI=1S/C24H29N3O3/c1-4-29-22-7-5-6-8-23(22)30-12-10-26-17(2)13-19-14-20-9-11-27(18(3)28)24(20)21(15-19)16-25/h5-8,14-15,17,26H,4,9-13H2,1-3H3. The van der Waals surface area contributed by atoms with E-state index in [1.54, 1.807) is 11.8 Å². The highest BCUT2D eigenvalue weighted by Crippen LogP contribution is 2.33. The summed E-state index contributed by atoms with van der Waals surface area (Å²) < 4.78 is 11.4. The molecule has 1 unspecified atom stereocenters. The molecule has 0 spiro atoms. The summed E-state index contributed by atoms with van der Waals surface area (Å²) in [4.78, 5) is 13.5. The predicted octanol–water partition coefficient (Wildman–Crippen LogP) is 3.47. The summed E-state index contributed by atoms with van der Waals surface area (Å²) >= 11 is 0. The zero-order valence-corrected chi connectivity index (χ0v) is 17.9. The third-order valence-corrected chi connectivity index (χ3v) is 5.17. The number of benzene rings is 2. The quantitative estimate of drug-likeness (QED) is 0.645. The monoisotopic (exact) mass is 407 g/mol. The van der Waals surface area contributed by atoms with Gasteiger partial charge < -0.3 is 19.7 Å². The second-order valence-electron chi connectivity index (χ2n) is 7.47. The number of anilines is 1. The van der Waals surface area contributed by atoms with Gasteiger partial charge in [-0.15, -0.1) is 0 Å². The van der Waals surface area contributed by atoms with Gasteiger partial charge in [0, 0.05) is 26.1 Å². The molecule has 1 aliphatic rings. The van der Waals surface area contributed by atoms with E-state index >= 15 is 0 Å². The molecular formula is C24H29N3O3. The van der Waals surface area contributed by atoms with Crippen LogP contribution in [0.3, 0.4) is 0 Å². The fourth-order valence-corrected chi connectivity index (χ4v) is 3.87. The number of carbonyl (C=O) groups excluding carboxylic acids is 1. The van der Waals surface area contributed by atoms with Crippen LogP contribution in [0.15, 0.2) is 36.4 Å². The molecule has 1 heterocycles. The van der Waals surface area contributed by atoms with Crippen LogP contribution in [0.1, 0.15) is 37.5 Å². The minimum atomic E-state index is -0.0149. The third kappa shape index (κ3) is 5.11. The molecule has 3 rings (SSSR count). The first-order valence-electron chi connectivity index (χ1n) is 10.5. The molecule has 1 aliphatic heterocycles. The number of nitriles is 1. The minimum Gasteiger partial charge on any atom is -0.490 e. The van der Waals surface area contributed by atoms with Crippen molar-refractivity contribution in [3.05, 3.63) is 53.1 Å². The Morgan fingerprint density at radius 2 is 2.00 bits per heavy atom. The highest BCUT2D eigenvalue weighted by atomic mass is 16.5. The summed E-state index contributed by atoms with van der Waals surface area (Å²) in [5.74, 6) is 1.50. The molecule has 0 fully saturated rings. The summed E-state index contributed by atoms with van der Waals surface area (Å²) in [6.07, 6.45) is 1.60. The van der Waals surface area contributed by atoms with E-state index in [4.69, 9.17) is 9.47 Å². The van der Waals surface area contributed by atoms with Crippen LogP contribution in [0.25, 0.3) is 0 Å². The lowest BCUT2D eigenvalue weighted by Gasteiger charge is -2.18. The molecule has 2 aromatic rings. The van der Waals surface area contributed by atoms with Crippen molar-refractivity contribution >= 4 is 11.6 Å². The number of fused-ring (bicyclic) bond motifs is 1. The first kappa shape index (κ1) is 21.7. The van der Waals surface area contributed by atoms with Crippen LogP contribution >= 0.6 is 0 Å². The lowest BCUT2D eigenvalue weighted by molar-refractivity contribution is -0.116. The lowest BCUT2D eigenvalue weighted by atomic mass is 9.99. The Hall–Kier alpha value is -3.04. The smallest absolute Gasteiger partial charge is 0.223 e. The van der Waals surface area contributed by atoms with Crippen molar-refractivity contribution in [2.75, 3.05) is 31.2 Å². The molecule has 0 radical (unpaired) electrons. The molecule has 1 N–H and O–H groups in total. The number of nitrogens with one attached hydrogen (secondary N) is 1. The Kier molecular flexibility index (Phi) is 7.31. The molecule has 6 nitrogen and oxygen atoms in total. The molecule has 1 atom stereocenters. The maximum absolute atomic E-state index is 11.8. The predicted molar refractivity (Wildman–Crippen MR) is 117 cm³/mol. The van der Waals surface area contributed by atoms with Gasteiger partial charge in [0.15, 0.2) is 11.5 Å². The van der Waals surface area contributed by atoms with Crippen LogP contribution in [0.2, 0.25) is 0 Å². The van der Waals surface area contributed by atoms with Crippen LogP contribution in [-0.2, 0) is 17.6 Å². The maximum atomic E-state index is 11.8. The van der Waals surface area contributed by atoms with Gasteiger partial charge in [0.05, 0.1) is 17.9 Å². The first-order valence-corrected chi connectivity index (χ1v) is 10.5. The summed E-state index contributed by atoms with van der Waals surface area (Å²) in [6.45, 7) is 8.11. The molecule has 30 heavy (non-hydrogen) atoms. The third-order valence-electron chi connectivity index (χ3n) is 5.17. The van der Waals surface area contributed by atoms with Crippen LogP contribution in [0, 0.1) is 11.3 Å². The van der Waals surface area contributed by atoms with Gasteiger partial charge in [0.2, 0.25) is 5.91 Å². The van der Waals surface area contributed by atoms with Crippen molar-refractivity contribution in [3.8, 4) is 17.6 Å². The van der Waals surface area contributed by atoms with Crippen LogP contribution in [0.4, 0.5) is 5.69 Å². The Labute approximate surface area is 178 Å². The summed E-state index contributed by atoms with van der Waals surface area (Å²) in [6, 6.07) is 14.2. The van der Waals surface area contributed by atoms with Crippen molar-refractivity contribution in [3.63, 3.8) is 0 Å². The molecule has 0 aromatic heterocycles. The number of hydrogen-bond donors (Lipinski definition) is 1. The largest absolute Gasteiger partial charge is 0.490 e. The molecule has 0 saturated carbocycles. The van der Waals surface area contributed by atoms with Gasteiger partial charge in [-0.1, -0.05) is 18.2 Å². The van der Waals surface area contributed by atoms with E-state index in [1.165, 1.54) is 0 Å². The van der Waals surface area contributed by atoms with Gasteiger partial charge in [-0.2, -0.15) is 5.26 Å². The van der Waals surface area contributed by atoms with E-state index in [1.807, 2.05) is 37.3 Å². The molecule has 6 heteroatoms. The lowest BCUT2D eigenvalue weighted by Crippen LogP contribution is -2.32. The van der Waals surface area contributed by atoms with Gasteiger partial charge >= 0.3 is 0 Å². The highest BCUT2D eigenvalue weighted by molar-refractivity contribution is 5.95. The second kappa shape index (κ2) is 10.1. The Morgan fingerprint density at radius 1 is 1.27 bits per heavy atom. The van der Waals surface area contributed by atoms with E-state index in [9.17, 15) is 10.1 Å². The van der Waals surface area contributed by atoms with Crippen molar-refractivity contribution in [2.45, 2.75) is 39.7 Å². The molecule has 0 bridgehead atoms. The van der Waals surface area contributed by atoms with E-state index in [-0.39, 0.29) is 11.9 Å². The summed E-state index contributed by atoms with van der Waals surface area (Å²) in [7, 11) is 0. The fourth-order valence-electron chi connectivity index (χ4n) is 3.87. The number of ether oxygens (including phenoxy) is 2. The number of hydrogen-bond acceptors (Lipinski definition) is 5. The van der Waals surface area contributed by atoms with Gasteiger partial charge in [-0.3, -0.25) is 4.79 Å².